The van der Waals surface area contributed by atoms with Crippen molar-refractivity contribution in [2.24, 2.45) is 0 Å². The van der Waals surface area contributed by atoms with Gasteiger partial charge in [0.1, 0.15) is 0 Å². The predicted molar refractivity (Wildman–Crippen MR) is 0.686 cm³/mol. The van der Waals surface area contributed by atoms with Crippen LogP contribution in [0, 0.1) is 40.8 Å². The van der Waals surface area contributed by atoms with Crippen LogP contribution in [0.2, 0.25) is 0 Å². The fraction of sp³-hybridized carbons (Fsp3) is 0. The molecule has 0 rings (SSSR count). The molecule has 0 aromatic heterocycles. The number of hydrogen-bond acceptors (Lipinski definition) is 0. The molecule has 0 bridgehead atoms. The Morgan fingerprint density at radius 2 is 1.00 bits per heavy atom. The molecule has 0 N–H and O–H groups in total. The van der Waals surface area contributed by atoms with E-state index in [1.54, 1.807) is 0 Å². The Morgan fingerprint density at radius 1 is 1.00 bits per heavy atom. The predicted octanol–water partition coefficient (Wildman–Crippen LogP) is -0.124. The van der Waals surface area contributed by atoms with Gasteiger partial charge in [-0.2, -0.15) is 0 Å². The van der Waals surface area contributed by atoms with Crippen molar-refractivity contribution in [1.82, 2.24) is 0 Å². The van der Waals surface area contributed by atoms with Crippen LogP contribution in [0.3, 0.4) is 0 Å². The van der Waals surface area contributed by atoms with Crippen LogP contribution in [0.15, 0.2) is 0 Å². The first-order valence-electron chi connectivity index (χ1n) is 0. The molecule has 0 aliphatic heterocycles. The molecule has 0 spiro atoms. The summed E-state index contributed by atoms with van der Waals surface area (Å²) in [6, 6.07) is 0. The maximum absolute atomic E-state index is 0. The Morgan fingerprint density at radius 3 is 1.00 bits per heavy atom. The third-order valence-corrected chi connectivity index (χ3v) is 0. The molecule has 4 heavy (non-hydrogen) atoms. The molecule has 0 saturated carbocycles. The van der Waals surface area contributed by atoms with Gasteiger partial charge in [-0.15, -0.1) is 0 Å². The van der Waals surface area contributed by atoms with Gasteiger partial charge in [0.2, 0.25) is 0 Å². The van der Waals surface area contributed by atoms with E-state index in [1.165, 1.54) is 0 Å². The summed E-state index contributed by atoms with van der Waals surface area (Å²) in [6.45, 7) is 0. The van der Waals surface area contributed by atoms with Crippen LogP contribution in [0.1, 0.15) is 0 Å². The first-order valence-corrected chi connectivity index (χ1v) is 0. The standard InChI is InChI=1S/Nd.O.V.Y/q+3;-2;;+3. The largest absolute Gasteiger partial charge is 3.00 e. The quantitative estimate of drug-likeness (QED) is 0.597. The molecule has 0 atom stereocenters. The third kappa shape index (κ3) is 8.89. The molecular weight excluding hydrogens is 300 g/mol. The summed E-state index contributed by atoms with van der Waals surface area (Å²) in [5.74, 6) is 0. The summed E-state index contributed by atoms with van der Waals surface area (Å²) in [5, 5.41) is 0. The fourth-order valence-electron chi connectivity index (χ4n) is 0. The van der Waals surface area contributed by atoms with Gasteiger partial charge in [0.25, 0.3) is 0 Å². The van der Waals surface area contributed by atoms with Crippen molar-refractivity contribution in [1.29, 1.82) is 0 Å². The minimum absolute atomic E-state index is 0. The second-order valence-electron chi connectivity index (χ2n) is 0. The van der Waals surface area contributed by atoms with Crippen molar-refractivity contribution < 1.29 is 97.6 Å². The van der Waals surface area contributed by atoms with E-state index in [9.17, 15) is 0 Å². The third-order valence-electron chi connectivity index (χ3n) is 0. The van der Waals surface area contributed by atoms with E-state index in [-0.39, 0.29) is 97.6 Å². The molecule has 0 aromatic carbocycles. The van der Waals surface area contributed by atoms with Crippen molar-refractivity contribution in [2.45, 2.75) is 0 Å². The summed E-state index contributed by atoms with van der Waals surface area (Å²) in [5.41, 5.74) is 0. The fourth-order valence-corrected chi connectivity index (χ4v) is 0. The Bertz CT molecular complexity index is 8.00. The zero-order valence-corrected chi connectivity index (χ0v) is 9.38. The Kier molecular flexibility index (Phi) is 117. The normalized spacial score (nSPS) is 0. The zero-order valence-electron chi connectivity index (χ0n) is 1.93. The van der Waals surface area contributed by atoms with Crippen LogP contribution >= 0.6 is 0 Å². The molecule has 0 fully saturated rings. The molecule has 1 nitrogen and oxygen atoms in total. The minimum atomic E-state index is 0. The Hall–Kier alpha value is 3.00. The van der Waals surface area contributed by atoms with E-state index < -0.39 is 0 Å². The van der Waals surface area contributed by atoms with Gasteiger partial charge in [-0.1, -0.05) is 0 Å². The summed E-state index contributed by atoms with van der Waals surface area (Å²) >= 11 is 0. The maximum atomic E-state index is 0. The Balaban J connectivity index is 0. The van der Waals surface area contributed by atoms with Gasteiger partial charge < -0.3 is 5.48 Å². The smallest absolute Gasteiger partial charge is 2.00 e. The van der Waals surface area contributed by atoms with Crippen LogP contribution in [0.4, 0.5) is 0 Å². The van der Waals surface area contributed by atoms with Crippen molar-refractivity contribution in [3.05, 3.63) is 0 Å². The minimum Gasteiger partial charge on any atom is -2.00 e. The van der Waals surface area contributed by atoms with Gasteiger partial charge in [0, 0.05) is 18.6 Å². The average molecular weight is 300 g/mol. The number of hydrogen-bond donors (Lipinski definition) is 0. The van der Waals surface area contributed by atoms with Gasteiger partial charge in [-0.3, -0.25) is 0 Å². The van der Waals surface area contributed by atoms with E-state index in [1.807, 2.05) is 0 Å². The zero-order chi connectivity index (χ0) is 0. The molecule has 0 amide bonds. The molecular formula is NdOVY+4. The monoisotopic (exact) mass is 298 g/mol. The molecule has 4 heteroatoms. The van der Waals surface area contributed by atoms with Crippen molar-refractivity contribution in [3.63, 3.8) is 0 Å². The molecule has 0 aliphatic carbocycles. The first kappa shape index (κ1) is 28.0. The first-order chi connectivity index (χ1) is 0. The average Bonchev–Trinajstić information content (AvgIpc) is 0. The second-order valence-corrected chi connectivity index (χ2v) is 0. The topological polar surface area (TPSA) is 28.5 Å². The van der Waals surface area contributed by atoms with Crippen LogP contribution < -0.4 is 0 Å². The summed E-state index contributed by atoms with van der Waals surface area (Å²) in [7, 11) is 0. The maximum Gasteiger partial charge on any atom is 3.00 e. The SMILES string of the molecule is [Nd+3].[O-2].[V].[Y+3]. The summed E-state index contributed by atoms with van der Waals surface area (Å²) in [6.07, 6.45) is 0. The van der Waals surface area contributed by atoms with Gasteiger partial charge in [0.15, 0.2) is 0 Å². The molecule has 0 saturated heterocycles. The summed E-state index contributed by atoms with van der Waals surface area (Å²) in [4.78, 5) is 0. The number of rotatable bonds is 0. The van der Waals surface area contributed by atoms with Crippen molar-refractivity contribution >= 4 is 0 Å². The van der Waals surface area contributed by atoms with Crippen LogP contribution in [0.5, 0.6) is 0 Å². The molecule has 0 heterocycles. The van der Waals surface area contributed by atoms with Crippen LogP contribution in [0.25, 0.3) is 0 Å². The van der Waals surface area contributed by atoms with E-state index in [0.717, 1.165) is 0 Å². The van der Waals surface area contributed by atoms with Gasteiger partial charge in [-0.25, -0.2) is 0 Å². The van der Waals surface area contributed by atoms with Crippen molar-refractivity contribution in [2.75, 3.05) is 0 Å². The summed E-state index contributed by atoms with van der Waals surface area (Å²) < 4.78 is 0. The van der Waals surface area contributed by atoms with E-state index in [4.69, 9.17) is 0 Å². The van der Waals surface area contributed by atoms with Crippen LogP contribution in [-0.4, -0.2) is 0 Å². The van der Waals surface area contributed by atoms with Gasteiger partial charge >= 0.3 is 73.5 Å². The molecule has 2 radical (unpaired) electrons. The molecule has 0 aliphatic rings. The van der Waals surface area contributed by atoms with Gasteiger partial charge in [-0.05, 0) is 0 Å². The Labute approximate surface area is 95.3 Å². The van der Waals surface area contributed by atoms with E-state index >= 15 is 0 Å². The second kappa shape index (κ2) is 16.7. The molecule has 0 unspecified atom stereocenters. The van der Waals surface area contributed by atoms with Gasteiger partial charge in [0.05, 0.1) is 0 Å². The molecule has 14 valence electrons. The van der Waals surface area contributed by atoms with E-state index in [2.05, 4.69) is 0 Å². The molecule has 0 aromatic rings. The van der Waals surface area contributed by atoms with Crippen molar-refractivity contribution in [3.8, 4) is 0 Å². The van der Waals surface area contributed by atoms with Crippen LogP contribution in [-0.2, 0) is 56.7 Å². The van der Waals surface area contributed by atoms with E-state index in [0.29, 0.717) is 0 Å².